The molecule has 31 heavy (non-hydrogen) atoms. The molecule has 0 radical (unpaired) electrons. The third-order valence-corrected chi connectivity index (χ3v) is 5.67. The van der Waals surface area contributed by atoms with Crippen LogP contribution in [0.25, 0.3) is 0 Å². The lowest BCUT2D eigenvalue weighted by Crippen LogP contribution is -2.17. The fourth-order valence-corrected chi connectivity index (χ4v) is 4.65. The van der Waals surface area contributed by atoms with Gasteiger partial charge in [0.2, 0.25) is 0 Å². The second-order valence-electron chi connectivity index (χ2n) is 6.20. The first-order valence-electron chi connectivity index (χ1n) is 8.78. The number of amides is 1. The SMILES string of the molecule is O=C(N/N=C/c1cc(I)c(OCc2ccccc2F)c(I)c1)c1ccc([N+](=O)[O-])cc1. The van der Waals surface area contributed by atoms with Crippen molar-refractivity contribution >= 4 is 63.0 Å². The Kier molecular flexibility index (Phi) is 7.90. The van der Waals surface area contributed by atoms with Crippen molar-refractivity contribution in [3.8, 4) is 5.75 Å². The maximum atomic E-state index is 13.8. The molecule has 0 saturated heterocycles. The number of carbonyl (C=O) groups excluding carboxylic acids is 1. The van der Waals surface area contributed by atoms with Crippen LogP contribution in [0, 0.1) is 23.1 Å². The summed E-state index contributed by atoms with van der Waals surface area (Å²) in [5.41, 5.74) is 3.74. The zero-order valence-corrected chi connectivity index (χ0v) is 20.0. The van der Waals surface area contributed by atoms with Crippen molar-refractivity contribution in [2.24, 2.45) is 5.10 Å². The number of non-ortho nitro benzene ring substituents is 1. The molecule has 1 N–H and O–H groups in total. The first-order chi connectivity index (χ1) is 14.8. The van der Waals surface area contributed by atoms with E-state index in [0.717, 1.165) is 12.7 Å². The smallest absolute Gasteiger partial charge is 0.271 e. The third kappa shape index (κ3) is 6.19. The lowest BCUT2D eigenvalue weighted by molar-refractivity contribution is -0.384. The van der Waals surface area contributed by atoms with Gasteiger partial charge in [-0.15, -0.1) is 0 Å². The molecule has 3 rings (SSSR count). The zero-order chi connectivity index (χ0) is 22.4. The van der Waals surface area contributed by atoms with E-state index in [0.29, 0.717) is 11.3 Å². The molecule has 0 heterocycles. The minimum atomic E-state index is -0.535. The second-order valence-corrected chi connectivity index (χ2v) is 8.52. The van der Waals surface area contributed by atoms with E-state index in [2.05, 4.69) is 55.7 Å². The molecule has 0 spiro atoms. The van der Waals surface area contributed by atoms with E-state index in [1.165, 1.54) is 36.5 Å². The Hall–Kier alpha value is -2.61. The van der Waals surface area contributed by atoms with Crippen molar-refractivity contribution in [2.75, 3.05) is 0 Å². The highest BCUT2D eigenvalue weighted by atomic mass is 127. The molecule has 0 aliphatic rings. The molecule has 0 atom stereocenters. The van der Waals surface area contributed by atoms with Crippen LogP contribution in [0.15, 0.2) is 65.8 Å². The van der Waals surface area contributed by atoms with Gasteiger partial charge in [0, 0.05) is 23.3 Å². The van der Waals surface area contributed by atoms with Gasteiger partial charge in [0.25, 0.3) is 11.6 Å². The highest BCUT2D eigenvalue weighted by molar-refractivity contribution is 14.1. The molecule has 3 aromatic carbocycles. The van der Waals surface area contributed by atoms with Crippen LogP contribution in [0.3, 0.4) is 0 Å². The molecule has 7 nitrogen and oxygen atoms in total. The summed E-state index contributed by atoms with van der Waals surface area (Å²) in [5.74, 6) is -0.170. The fourth-order valence-electron chi connectivity index (χ4n) is 2.52. The number of carbonyl (C=O) groups is 1. The Labute approximate surface area is 204 Å². The molecule has 0 aliphatic carbocycles. The summed E-state index contributed by atoms with van der Waals surface area (Å²) in [6.07, 6.45) is 1.48. The van der Waals surface area contributed by atoms with Crippen LogP contribution in [0.2, 0.25) is 0 Å². The number of hydrogen-bond acceptors (Lipinski definition) is 5. The van der Waals surface area contributed by atoms with Crippen LogP contribution in [-0.4, -0.2) is 17.0 Å². The molecule has 0 bridgehead atoms. The Morgan fingerprint density at radius 1 is 1.13 bits per heavy atom. The van der Waals surface area contributed by atoms with Crippen LogP contribution < -0.4 is 10.2 Å². The van der Waals surface area contributed by atoms with Crippen LogP contribution in [-0.2, 0) is 6.61 Å². The van der Waals surface area contributed by atoms with Crippen LogP contribution in [0.5, 0.6) is 5.75 Å². The second kappa shape index (κ2) is 10.6. The normalized spacial score (nSPS) is 10.8. The van der Waals surface area contributed by atoms with E-state index in [-0.39, 0.29) is 23.7 Å². The van der Waals surface area contributed by atoms with Gasteiger partial charge in [-0.2, -0.15) is 5.10 Å². The summed E-state index contributed by atoms with van der Waals surface area (Å²) in [5, 5.41) is 14.6. The van der Waals surface area contributed by atoms with Gasteiger partial charge in [-0.25, -0.2) is 9.82 Å². The van der Waals surface area contributed by atoms with Crippen molar-refractivity contribution in [3.05, 3.63) is 100 Å². The van der Waals surface area contributed by atoms with Crippen molar-refractivity contribution in [2.45, 2.75) is 6.61 Å². The highest BCUT2D eigenvalue weighted by Crippen LogP contribution is 2.29. The number of rotatable bonds is 7. The largest absolute Gasteiger partial charge is 0.487 e. The molecule has 0 fully saturated rings. The van der Waals surface area contributed by atoms with Gasteiger partial charge in [-0.1, -0.05) is 18.2 Å². The first-order valence-corrected chi connectivity index (χ1v) is 10.9. The molecular weight excluding hydrogens is 631 g/mol. The molecule has 3 aromatic rings. The molecule has 0 unspecified atom stereocenters. The summed E-state index contributed by atoms with van der Waals surface area (Å²) in [7, 11) is 0. The van der Waals surface area contributed by atoms with Gasteiger partial charge in [0.15, 0.2) is 0 Å². The maximum Gasteiger partial charge on any atom is 0.271 e. The van der Waals surface area contributed by atoms with Crippen molar-refractivity contribution in [1.29, 1.82) is 0 Å². The van der Waals surface area contributed by atoms with Gasteiger partial charge in [0.05, 0.1) is 18.3 Å². The third-order valence-electron chi connectivity index (χ3n) is 4.07. The summed E-state index contributed by atoms with van der Waals surface area (Å²) < 4.78 is 21.2. The summed E-state index contributed by atoms with van der Waals surface area (Å²) >= 11 is 4.24. The standard InChI is InChI=1S/C21H14FI2N3O4/c22-17-4-2-1-3-15(17)12-31-20-18(23)9-13(10-19(20)24)11-25-26-21(28)14-5-7-16(8-6-14)27(29)30/h1-11H,12H2,(H,26,28)/b25-11+. The number of nitrogens with one attached hydrogen (secondary N) is 1. The van der Waals surface area contributed by atoms with E-state index in [4.69, 9.17) is 4.74 Å². The Bertz CT molecular complexity index is 1130. The number of benzene rings is 3. The van der Waals surface area contributed by atoms with Crippen molar-refractivity contribution in [1.82, 2.24) is 5.43 Å². The molecule has 0 aromatic heterocycles. The number of hydrogen-bond donors (Lipinski definition) is 1. The quantitative estimate of drug-likeness (QED) is 0.164. The minimum Gasteiger partial charge on any atom is -0.487 e. The van der Waals surface area contributed by atoms with E-state index < -0.39 is 10.8 Å². The number of ether oxygens (including phenoxy) is 1. The van der Waals surface area contributed by atoms with Gasteiger partial charge in [-0.05, 0) is 81.1 Å². The van der Waals surface area contributed by atoms with E-state index in [1.54, 1.807) is 18.2 Å². The molecular formula is C21H14FI2N3O4. The van der Waals surface area contributed by atoms with E-state index in [9.17, 15) is 19.3 Å². The molecule has 0 aliphatic heterocycles. The van der Waals surface area contributed by atoms with Crippen molar-refractivity contribution in [3.63, 3.8) is 0 Å². The predicted octanol–water partition coefficient (Wildman–Crippen LogP) is 5.29. The molecule has 158 valence electrons. The number of nitrogens with zero attached hydrogens (tertiary/aromatic N) is 2. The maximum absolute atomic E-state index is 13.8. The topological polar surface area (TPSA) is 93.8 Å². The Balaban J connectivity index is 1.64. The average Bonchev–Trinajstić information content (AvgIpc) is 2.74. The van der Waals surface area contributed by atoms with Gasteiger partial charge >= 0.3 is 0 Å². The summed E-state index contributed by atoms with van der Waals surface area (Å²) in [6.45, 7) is 0.109. The molecule has 0 saturated carbocycles. The van der Waals surface area contributed by atoms with Gasteiger partial charge in [-0.3, -0.25) is 14.9 Å². The van der Waals surface area contributed by atoms with Crippen molar-refractivity contribution < 1.29 is 18.8 Å². The Morgan fingerprint density at radius 2 is 1.77 bits per heavy atom. The van der Waals surface area contributed by atoms with Crippen LogP contribution in [0.4, 0.5) is 10.1 Å². The van der Waals surface area contributed by atoms with Gasteiger partial charge < -0.3 is 4.74 Å². The minimum absolute atomic E-state index is 0.0958. The monoisotopic (exact) mass is 645 g/mol. The number of nitro benzene ring substituents is 1. The van der Waals surface area contributed by atoms with Gasteiger partial charge in [0.1, 0.15) is 18.2 Å². The highest BCUT2D eigenvalue weighted by Gasteiger charge is 2.11. The number of halogens is 3. The number of hydrazone groups is 1. The lowest BCUT2D eigenvalue weighted by Gasteiger charge is -2.12. The first kappa shape index (κ1) is 23.1. The zero-order valence-electron chi connectivity index (χ0n) is 15.7. The Morgan fingerprint density at radius 3 is 2.39 bits per heavy atom. The predicted molar refractivity (Wildman–Crippen MR) is 131 cm³/mol. The van der Waals surface area contributed by atoms with E-state index in [1.807, 2.05) is 12.1 Å². The average molecular weight is 645 g/mol. The summed E-state index contributed by atoms with van der Waals surface area (Å²) in [4.78, 5) is 22.2. The van der Waals surface area contributed by atoms with Crippen LogP contribution in [0.1, 0.15) is 21.5 Å². The summed E-state index contributed by atoms with van der Waals surface area (Å²) in [6, 6.07) is 15.3. The molecule has 1 amide bonds. The number of nitro groups is 1. The van der Waals surface area contributed by atoms with Crippen LogP contribution >= 0.6 is 45.2 Å². The lowest BCUT2D eigenvalue weighted by atomic mass is 10.2. The van der Waals surface area contributed by atoms with E-state index >= 15 is 0 Å². The fraction of sp³-hybridized carbons (Fsp3) is 0.0476. The molecule has 10 heteroatoms.